The van der Waals surface area contributed by atoms with E-state index in [1.54, 1.807) is 0 Å². The van der Waals surface area contributed by atoms with Gasteiger partial charge in [-0.25, -0.2) is 0 Å². The van der Waals surface area contributed by atoms with Crippen LogP contribution in [-0.2, 0) is 24.1 Å². The number of benzene rings is 2. The van der Waals surface area contributed by atoms with Crippen LogP contribution in [0.4, 0.5) is 5.69 Å². The zero-order valence-electron chi connectivity index (χ0n) is 17.3. The molecule has 29 heavy (non-hydrogen) atoms. The van der Waals surface area contributed by atoms with Crippen molar-refractivity contribution in [3.8, 4) is 0 Å². The van der Waals surface area contributed by atoms with Crippen LogP contribution in [0.3, 0.4) is 0 Å². The zero-order chi connectivity index (χ0) is 20.2. The first kappa shape index (κ1) is 19.8. The van der Waals surface area contributed by atoms with E-state index < -0.39 is 0 Å². The molecular weight excluding hydrogens is 360 g/mol. The van der Waals surface area contributed by atoms with E-state index in [9.17, 15) is 9.59 Å². The number of aryl methyl sites for hydroxylation is 2. The van der Waals surface area contributed by atoms with Crippen LogP contribution < -0.4 is 10.2 Å². The van der Waals surface area contributed by atoms with Gasteiger partial charge in [0, 0.05) is 24.9 Å². The predicted molar refractivity (Wildman–Crippen MR) is 117 cm³/mol. The molecule has 0 spiro atoms. The van der Waals surface area contributed by atoms with Gasteiger partial charge in [-0.1, -0.05) is 29.8 Å². The van der Waals surface area contributed by atoms with Crippen LogP contribution in [0.15, 0.2) is 36.4 Å². The summed E-state index contributed by atoms with van der Waals surface area (Å²) in [5.74, 6) is 0.462. The predicted octanol–water partition coefficient (Wildman–Crippen LogP) is 4.02. The molecule has 0 aliphatic carbocycles. The molecule has 0 atom stereocenters. The highest BCUT2D eigenvalue weighted by Crippen LogP contribution is 2.37. The Balaban J connectivity index is 1.20. The molecule has 0 saturated heterocycles. The molecule has 0 bridgehead atoms. The molecule has 2 aromatic carbocycles. The number of rotatable bonds is 9. The maximum absolute atomic E-state index is 12.7. The van der Waals surface area contributed by atoms with Gasteiger partial charge in [0.05, 0.1) is 5.69 Å². The molecule has 2 aliphatic rings. The molecule has 1 N–H and O–H groups in total. The van der Waals surface area contributed by atoms with E-state index in [2.05, 4.69) is 36.5 Å². The van der Waals surface area contributed by atoms with Crippen LogP contribution in [0.1, 0.15) is 58.3 Å². The van der Waals surface area contributed by atoms with Gasteiger partial charge < -0.3 is 10.2 Å². The fourth-order valence-electron chi connectivity index (χ4n) is 4.52. The Morgan fingerprint density at radius 2 is 1.86 bits per heavy atom. The Morgan fingerprint density at radius 1 is 1.03 bits per heavy atom. The number of nitrogens with one attached hydrogen (secondary N) is 1. The Labute approximate surface area is 173 Å². The molecule has 1 amide bonds. The van der Waals surface area contributed by atoms with E-state index >= 15 is 0 Å². The number of anilines is 1. The molecule has 4 heteroatoms. The van der Waals surface area contributed by atoms with Crippen molar-refractivity contribution < 1.29 is 9.59 Å². The molecule has 0 fully saturated rings. The van der Waals surface area contributed by atoms with E-state index in [0.29, 0.717) is 12.8 Å². The Hall–Kier alpha value is -2.46. The fraction of sp³-hybridized carbons (Fsp3) is 0.440. The van der Waals surface area contributed by atoms with Crippen LogP contribution in [0.25, 0.3) is 0 Å². The quantitative estimate of drug-likeness (QED) is 0.520. The highest BCUT2D eigenvalue weighted by atomic mass is 16.2. The third-order valence-electron chi connectivity index (χ3n) is 6.05. The van der Waals surface area contributed by atoms with Crippen molar-refractivity contribution in [1.82, 2.24) is 5.32 Å². The monoisotopic (exact) mass is 390 g/mol. The van der Waals surface area contributed by atoms with Crippen molar-refractivity contribution in [1.29, 1.82) is 0 Å². The topological polar surface area (TPSA) is 49.4 Å². The number of carbonyl (C=O) groups excluding carboxylic acids is 2. The van der Waals surface area contributed by atoms with Crippen LogP contribution in [0, 0.1) is 6.92 Å². The molecule has 2 heterocycles. The second-order valence-electron chi connectivity index (χ2n) is 8.31. The lowest BCUT2D eigenvalue weighted by molar-refractivity contribution is -0.118. The summed E-state index contributed by atoms with van der Waals surface area (Å²) in [6, 6.07) is 12.7. The third-order valence-corrected chi connectivity index (χ3v) is 6.05. The van der Waals surface area contributed by atoms with Crippen molar-refractivity contribution >= 4 is 17.4 Å². The number of hydrogen-bond acceptors (Lipinski definition) is 3. The molecule has 0 radical (unpaired) electrons. The largest absolute Gasteiger partial charge is 0.316 e. The van der Waals surface area contributed by atoms with E-state index in [4.69, 9.17) is 0 Å². The number of carbonyl (C=O) groups is 2. The molecule has 4 nitrogen and oxygen atoms in total. The van der Waals surface area contributed by atoms with Crippen LogP contribution >= 0.6 is 0 Å². The van der Waals surface area contributed by atoms with Gasteiger partial charge in [-0.05, 0) is 80.9 Å². The summed E-state index contributed by atoms with van der Waals surface area (Å²) in [4.78, 5) is 26.6. The van der Waals surface area contributed by atoms with Crippen LogP contribution in [0.2, 0.25) is 0 Å². The van der Waals surface area contributed by atoms with Gasteiger partial charge in [0.25, 0.3) is 0 Å². The Kier molecular flexibility index (Phi) is 6.10. The molecule has 2 aliphatic heterocycles. The second kappa shape index (κ2) is 8.91. The number of nitrogens with zero attached hydrogens (tertiary/aromatic N) is 1. The lowest BCUT2D eigenvalue weighted by Gasteiger charge is -2.25. The van der Waals surface area contributed by atoms with Crippen molar-refractivity contribution in [3.63, 3.8) is 0 Å². The second-order valence-corrected chi connectivity index (χ2v) is 8.31. The molecule has 0 saturated carbocycles. The van der Waals surface area contributed by atoms with Crippen molar-refractivity contribution in [2.45, 2.75) is 51.9 Å². The summed E-state index contributed by atoms with van der Waals surface area (Å²) >= 11 is 0. The normalized spacial score (nSPS) is 14.9. The lowest BCUT2D eigenvalue weighted by Crippen LogP contribution is -2.32. The Bertz CT molecular complexity index is 919. The molecule has 2 aromatic rings. The van der Waals surface area contributed by atoms with E-state index in [1.807, 2.05) is 17.0 Å². The van der Waals surface area contributed by atoms with Gasteiger partial charge in [0.2, 0.25) is 5.91 Å². The average Bonchev–Trinajstić information content (AvgIpc) is 3.15. The number of Topliss-reactive ketones (excluding diaryl/α,β-unsaturated/α-hetero) is 1. The van der Waals surface area contributed by atoms with E-state index in [-0.39, 0.29) is 11.7 Å². The first-order chi connectivity index (χ1) is 14.1. The highest BCUT2D eigenvalue weighted by Gasteiger charge is 2.31. The van der Waals surface area contributed by atoms with Crippen molar-refractivity contribution in [2.75, 3.05) is 24.5 Å². The summed E-state index contributed by atoms with van der Waals surface area (Å²) in [7, 11) is 0. The summed E-state index contributed by atoms with van der Waals surface area (Å²) in [6.45, 7) is 4.82. The maximum atomic E-state index is 12.7. The van der Waals surface area contributed by atoms with Crippen molar-refractivity contribution in [3.05, 3.63) is 64.2 Å². The van der Waals surface area contributed by atoms with Gasteiger partial charge in [0.15, 0.2) is 5.78 Å². The smallest absolute Gasteiger partial charge is 0.227 e. The molecular formula is C25H30N2O2. The van der Waals surface area contributed by atoms with Gasteiger partial charge in [0.1, 0.15) is 0 Å². The number of amides is 1. The molecule has 152 valence electrons. The van der Waals surface area contributed by atoms with Gasteiger partial charge >= 0.3 is 0 Å². The highest BCUT2D eigenvalue weighted by molar-refractivity contribution is 6.02. The van der Waals surface area contributed by atoms with Crippen LogP contribution in [0.5, 0.6) is 0 Å². The third kappa shape index (κ3) is 4.59. The first-order valence-electron chi connectivity index (χ1n) is 10.9. The van der Waals surface area contributed by atoms with E-state index in [0.717, 1.165) is 63.0 Å². The SMILES string of the molecule is Cc1cccc(CCNCCCCC(=O)c2cc3c4c(c2)CCN4C(=O)CC3)c1. The first-order valence-corrected chi connectivity index (χ1v) is 10.9. The Morgan fingerprint density at radius 3 is 2.69 bits per heavy atom. The van der Waals surface area contributed by atoms with E-state index in [1.165, 1.54) is 22.3 Å². The molecule has 4 rings (SSSR count). The van der Waals surface area contributed by atoms with Gasteiger partial charge in [-0.2, -0.15) is 0 Å². The standard InChI is InChI=1S/C25H30N2O2/c1-18-5-4-6-19(15-18)10-13-26-12-3-2-7-23(28)22-16-20-8-9-24(29)27-14-11-21(17-22)25(20)27/h4-6,15-17,26H,2-3,7-14H2,1H3. The number of unbranched alkanes of at least 4 members (excludes halogenated alkanes) is 1. The minimum Gasteiger partial charge on any atom is -0.316 e. The minimum atomic E-state index is 0.227. The molecule has 0 unspecified atom stereocenters. The lowest BCUT2D eigenvalue weighted by atomic mass is 9.94. The maximum Gasteiger partial charge on any atom is 0.227 e. The zero-order valence-corrected chi connectivity index (χ0v) is 17.3. The fourth-order valence-corrected chi connectivity index (χ4v) is 4.52. The summed E-state index contributed by atoms with van der Waals surface area (Å²) in [5, 5.41) is 3.49. The van der Waals surface area contributed by atoms with Gasteiger partial charge in [-0.15, -0.1) is 0 Å². The van der Waals surface area contributed by atoms with Crippen LogP contribution in [-0.4, -0.2) is 31.3 Å². The summed E-state index contributed by atoms with van der Waals surface area (Å²) in [6.07, 6.45) is 5.77. The summed E-state index contributed by atoms with van der Waals surface area (Å²) < 4.78 is 0. The average molecular weight is 391 g/mol. The summed E-state index contributed by atoms with van der Waals surface area (Å²) in [5.41, 5.74) is 6.96. The van der Waals surface area contributed by atoms with Gasteiger partial charge in [-0.3, -0.25) is 9.59 Å². The molecule has 0 aromatic heterocycles. The number of ketones is 1. The minimum absolute atomic E-state index is 0.227. The van der Waals surface area contributed by atoms with Crippen molar-refractivity contribution in [2.24, 2.45) is 0 Å². The number of hydrogen-bond donors (Lipinski definition) is 1.